The molecule has 0 saturated carbocycles. The molecule has 0 unspecified atom stereocenters. The molecule has 132 valence electrons. The van der Waals surface area contributed by atoms with Crippen LogP contribution in [0.25, 0.3) is 0 Å². The van der Waals surface area contributed by atoms with Crippen LogP contribution in [0.1, 0.15) is 17.5 Å². The van der Waals surface area contributed by atoms with E-state index >= 15 is 0 Å². The summed E-state index contributed by atoms with van der Waals surface area (Å²) < 4.78 is 98.2. The normalized spacial score (nSPS) is 13.4. The number of rotatable bonds is 7. The number of hydrogen-bond donors (Lipinski definition) is 1. The number of benzene rings is 1. The van der Waals surface area contributed by atoms with Crippen molar-refractivity contribution < 1.29 is 35.1 Å². The zero-order valence-corrected chi connectivity index (χ0v) is 12.4. The lowest BCUT2D eigenvalue weighted by Gasteiger charge is -2.18. The second kappa shape index (κ2) is 7.69. The topological polar surface area (TPSA) is 12.0 Å². The number of halogens is 8. The molecular formula is C13H13F8NS. The molecule has 23 heavy (non-hydrogen) atoms. The molecule has 1 nitrogen and oxygen atoms in total. The molecule has 0 atom stereocenters. The first-order valence-electron chi connectivity index (χ1n) is 6.39. The highest BCUT2D eigenvalue weighted by atomic mass is 32.2. The Morgan fingerprint density at radius 2 is 1.61 bits per heavy atom. The van der Waals surface area contributed by atoms with E-state index in [-0.39, 0.29) is 19.5 Å². The predicted octanol–water partition coefficient (Wildman–Crippen LogP) is 5.07. The van der Waals surface area contributed by atoms with Gasteiger partial charge in [-0.25, -0.2) is 0 Å². The summed E-state index contributed by atoms with van der Waals surface area (Å²) >= 11 is -0.509. The Bertz CT molecular complexity index is 497. The third-order valence-electron chi connectivity index (χ3n) is 2.69. The Morgan fingerprint density at radius 1 is 0.957 bits per heavy atom. The van der Waals surface area contributed by atoms with Gasteiger partial charge in [-0.1, -0.05) is 30.0 Å². The van der Waals surface area contributed by atoms with Crippen LogP contribution in [0.5, 0.6) is 0 Å². The van der Waals surface area contributed by atoms with Gasteiger partial charge in [-0.15, -0.1) is 0 Å². The van der Waals surface area contributed by atoms with Gasteiger partial charge in [0.15, 0.2) is 0 Å². The van der Waals surface area contributed by atoms with E-state index in [1.165, 1.54) is 12.1 Å². The minimum atomic E-state index is -5.59. The first-order valence-corrected chi connectivity index (χ1v) is 7.37. The largest absolute Gasteiger partial charge is 0.464 e. The summed E-state index contributed by atoms with van der Waals surface area (Å²) in [5.41, 5.74) is -0.467. The Balaban J connectivity index is 2.31. The van der Waals surface area contributed by atoms with Crippen molar-refractivity contribution in [1.29, 1.82) is 0 Å². The minimum absolute atomic E-state index is 0.0231. The van der Waals surface area contributed by atoms with Crippen LogP contribution < -0.4 is 5.32 Å². The highest BCUT2D eigenvalue weighted by molar-refractivity contribution is 8.00. The molecule has 0 aliphatic rings. The second-order valence-corrected chi connectivity index (χ2v) is 5.80. The molecule has 10 heteroatoms. The number of alkyl halides is 8. The average Bonchev–Trinajstić information content (AvgIpc) is 2.41. The zero-order chi connectivity index (χ0) is 17.7. The zero-order valence-electron chi connectivity index (χ0n) is 11.6. The highest BCUT2D eigenvalue weighted by Crippen LogP contribution is 2.44. The molecule has 0 spiro atoms. The molecule has 1 aromatic rings. The van der Waals surface area contributed by atoms with E-state index in [0.29, 0.717) is 5.56 Å². The lowest BCUT2D eigenvalue weighted by atomic mass is 10.1. The van der Waals surface area contributed by atoms with E-state index in [9.17, 15) is 35.1 Å². The summed E-state index contributed by atoms with van der Waals surface area (Å²) in [5.74, 6) is -0.428. The molecule has 0 aliphatic carbocycles. The second-order valence-electron chi connectivity index (χ2n) is 4.59. The number of thioether (sulfide) groups is 1. The molecule has 1 aromatic carbocycles. The van der Waals surface area contributed by atoms with Crippen LogP contribution in [0, 0.1) is 0 Å². The van der Waals surface area contributed by atoms with Crippen LogP contribution >= 0.6 is 11.8 Å². The SMILES string of the molecule is FC(F)(F)c1cccc(CNCCCSC(F)(F)C(F)(F)F)c1. The Labute approximate surface area is 131 Å². The van der Waals surface area contributed by atoms with Crippen molar-refractivity contribution in [3.8, 4) is 0 Å². The molecule has 0 amide bonds. The summed E-state index contributed by atoms with van der Waals surface area (Å²) in [6.07, 6.45) is -10.0. The van der Waals surface area contributed by atoms with Gasteiger partial charge in [0.25, 0.3) is 0 Å². The van der Waals surface area contributed by atoms with Crippen molar-refractivity contribution in [2.75, 3.05) is 12.3 Å². The molecule has 0 aliphatic heterocycles. The molecular weight excluding hydrogens is 354 g/mol. The Hall–Kier alpha value is -1.03. The van der Waals surface area contributed by atoms with E-state index in [1.807, 2.05) is 0 Å². The van der Waals surface area contributed by atoms with Gasteiger partial charge in [-0.05, 0) is 24.6 Å². The van der Waals surface area contributed by atoms with Gasteiger partial charge in [0, 0.05) is 12.3 Å². The standard InChI is InChI=1S/C13H13F8NS/c14-11(15,16)10-4-1-3-9(7-10)8-22-5-2-6-23-13(20,21)12(17,18)19/h1,3-4,7,22H,2,5-6,8H2. The van der Waals surface area contributed by atoms with Crippen molar-refractivity contribution in [2.45, 2.75) is 30.6 Å². The van der Waals surface area contributed by atoms with Gasteiger partial charge >= 0.3 is 17.6 Å². The van der Waals surface area contributed by atoms with Gasteiger partial charge in [0.1, 0.15) is 0 Å². The maximum Gasteiger partial charge on any atom is 0.464 e. The summed E-state index contributed by atoms with van der Waals surface area (Å²) in [4.78, 5) is 0. The predicted molar refractivity (Wildman–Crippen MR) is 71.2 cm³/mol. The van der Waals surface area contributed by atoms with Gasteiger partial charge in [-0.3, -0.25) is 0 Å². The summed E-state index contributed by atoms with van der Waals surface area (Å²) in [6.45, 7) is 0.168. The highest BCUT2D eigenvalue weighted by Gasteiger charge is 2.57. The Morgan fingerprint density at radius 3 is 2.17 bits per heavy atom. The van der Waals surface area contributed by atoms with E-state index < -0.39 is 40.7 Å². The summed E-state index contributed by atoms with van der Waals surface area (Å²) in [6, 6.07) is 4.55. The van der Waals surface area contributed by atoms with Crippen LogP contribution in [0.4, 0.5) is 35.1 Å². The number of hydrogen-bond acceptors (Lipinski definition) is 2. The third-order valence-corrected chi connectivity index (χ3v) is 3.78. The maximum absolute atomic E-state index is 12.6. The van der Waals surface area contributed by atoms with E-state index in [4.69, 9.17) is 0 Å². The Kier molecular flexibility index (Phi) is 6.70. The van der Waals surface area contributed by atoms with Gasteiger partial charge in [-0.2, -0.15) is 35.1 Å². The van der Waals surface area contributed by atoms with Gasteiger partial charge < -0.3 is 5.32 Å². The van der Waals surface area contributed by atoms with Crippen LogP contribution in [0.3, 0.4) is 0 Å². The fourth-order valence-electron chi connectivity index (χ4n) is 1.57. The van der Waals surface area contributed by atoms with E-state index in [2.05, 4.69) is 5.32 Å². The van der Waals surface area contributed by atoms with Crippen molar-refractivity contribution in [3.63, 3.8) is 0 Å². The molecule has 0 radical (unpaired) electrons. The number of nitrogens with one attached hydrogen (secondary N) is 1. The molecule has 0 fully saturated rings. The first-order chi connectivity index (χ1) is 10.4. The molecule has 0 saturated heterocycles. The third kappa shape index (κ3) is 6.54. The van der Waals surface area contributed by atoms with Crippen LogP contribution in [-0.2, 0) is 12.7 Å². The van der Waals surface area contributed by atoms with Crippen molar-refractivity contribution in [1.82, 2.24) is 5.32 Å². The average molecular weight is 367 g/mol. The lowest BCUT2D eigenvalue weighted by Crippen LogP contribution is -2.33. The fraction of sp³-hybridized carbons (Fsp3) is 0.538. The van der Waals surface area contributed by atoms with E-state index in [0.717, 1.165) is 12.1 Å². The van der Waals surface area contributed by atoms with Crippen molar-refractivity contribution in [2.24, 2.45) is 0 Å². The molecule has 0 heterocycles. The van der Waals surface area contributed by atoms with Crippen LogP contribution in [-0.4, -0.2) is 23.7 Å². The van der Waals surface area contributed by atoms with Crippen LogP contribution in [0.2, 0.25) is 0 Å². The fourth-order valence-corrected chi connectivity index (χ4v) is 2.28. The monoisotopic (exact) mass is 367 g/mol. The summed E-state index contributed by atoms with van der Waals surface area (Å²) in [5, 5.41) is -2.10. The quantitative estimate of drug-likeness (QED) is 0.533. The van der Waals surface area contributed by atoms with Crippen molar-refractivity contribution >= 4 is 11.8 Å². The lowest BCUT2D eigenvalue weighted by molar-refractivity contribution is -0.237. The first kappa shape index (κ1) is 20.0. The van der Waals surface area contributed by atoms with Crippen LogP contribution in [0.15, 0.2) is 24.3 Å². The molecule has 1 N–H and O–H groups in total. The van der Waals surface area contributed by atoms with Gasteiger partial charge in [0.2, 0.25) is 0 Å². The van der Waals surface area contributed by atoms with Gasteiger partial charge in [0.05, 0.1) is 5.56 Å². The summed E-state index contributed by atoms with van der Waals surface area (Å²) in [7, 11) is 0. The van der Waals surface area contributed by atoms with E-state index in [1.54, 1.807) is 0 Å². The molecule has 1 rings (SSSR count). The smallest absolute Gasteiger partial charge is 0.313 e. The molecule has 0 aromatic heterocycles. The van der Waals surface area contributed by atoms with Crippen molar-refractivity contribution in [3.05, 3.63) is 35.4 Å². The minimum Gasteiger partial charge on any atom is -0.313 e. The maximum atomic E-state index is 12.6. The molecule has 0 bridgehead atoms.